The molecule has 1 aromatic rings. The molecule has 1 aliphatic rings. The van der Waals surface area contributed by atoms with Crippen LogP contribution in [0.1, 0.15) is 12.8 Å². The van der Waals surface area contributed by atoms with Crippen LogP contribution >= 0.6 is 11.3 Å². The highest BCUT2D eigenvalue weighted by molar-refractivity contribution is 7.91. The molecule has 15 heavy (non-hydrogen) atoms. The van der Waals surface area contributed by atoms with Gasteiger partial charge in [-0.2, -0.15) is 0 Å². The number of sulfonamides is 1. The third kappa shape index (κ3) is 2.78. The Kier molecular flexibility index (Phi) is 3.40. The summed E-state index contributed by atoms with van der Waals surface area (Å²) in [4.78, 5) is 0. The molecule has 2 heterocycles. The Hall–Kier alpha value is -0.430. The van der Waals surface area contributed by atoms with Crippen LogP contribution in [0.3, 0.4) is 0 Å². The average molecular weight is 246 g/mol. The lowest BCUT2D eigenvalue weighted by molar-refractivity contribution is 0.427. The molecule has 0 atom stereocenters. The molecule has 0 bridgehead atoms. The predicted molar refractivity (Wildman–Crippen MR) is 60.5 cm³/mol. The van der Waals surface area contributed by atoms with E-state index < -0.39 is 10.0 Å². The van der Waals surface area contributed by atoms with Crippen LogP contribution in [0.2, 0.25) is 0 Å². The molecule has 0 radical (unpaired) electrons. The lowest BCUT2D eigenvalue weighted by Crippen LogP contribution is -2.42. The zero-order valence-electron chi connectivity index (χ0n) is 8.27. The van der Waals surface area contributed by atoms with Crippen molar-refractivity contribution in [1.82, 2.24) is 10.0 Å². The van der Waals surface area contributed by atoms with Gasteiger partial charge in [0.2, 0.25) is 10.0 Å². The average Bonchev–Trinajstić information content (AvgIpc) is 2.71. The van der Waals surface area contributed by atoms with Gasteiger partial charge in [0.1, 0.15) is 4.21 Å². The lowest BCUT2D eigenvalue weighted by atomic mass is 10.1. The molecule has 0 spiro atoms. The van der Waals surface area contributed by atoms with Crippen molar-refractivity contribution in [2.24, 2.45) is 0 Å². The summed E-state index contributed by atoms with van der Waals surface area (Å²) in [5, 5.41) is 4.98. The van der Waals surface area contributed by atoms with Crippen LogP contribution in [-0.4, -0.2) is 27.5 Å². The fourth-order valence-corrected chi connectivity index (χ4v) is 3.95. The molecule has 84 valence electrons. The molecule has 0 aliphatic carbocycles. The van der Waals surface area contributed by atoms with Gasteiger partial charge in [-0.15, -0.1) is 11.3 Å². The minimum Gasteiger partial charge on any atom is -0.317 e. The van der Waals surface area contributed by atoms with E-state index in [1.54, 1.807) is 17.5 Å². The van der Waals surface area contributed by atoms with Crippen molar-refractivity contribution in [3.05, 3.63) is 17.5 Å². The number of hydrogen-bond acceptors (Lipinski definition) is 4. The Bertz CT molecular complexity index is 394. The molecule has 1 aliphatic heterocycles. The summed E-state index contributed by atoms with van der Waals surface area (Å²) < 4.78 is 26.8. The Labute approximate surface area is 93.8 Å². The van der Waals surface area contributed by atoms with Gasteiger partial charge in [0, 0.05) is 6.04 Å². The summed E-state index contributed by atoms with van der Waals surface area (Å²) >= 11 is 1.25. The lowest BCUT2D eigenvalue weighted by Gasteiger charge is -2.23. The summed E-state index contributed by atoms with van der Waals surface area (Å²) in [5.41, 5.74) is 0. The van der Waals surface area contributed by atoms with E-state index in [0.717, 1.165) is 25.9 Å². The minimum absolute atomic E-state index is 0.0818. The van der Waals surface area contributed by atoms with Crippen LogP contribution < -0.4 is 10.0 Å². The summed E-state index contributed by atoms with van der Waals surface area (Å²) in [6.07, 6.45) is 1.73. The molecule has 0 saturated carbocycles. The highest BCUT2D eigenvalue weighted by Gasteiger charge is 2.21. The van der Waals surface area contributed by atoms with Gasteiger partial charge in [-0.3, -0.25) is 0 Å². The molecule has 0 amide bonds. The second-order valence-electron chi connectivity index (χ2n) is 3.58. The van der Waals surface area contributed by atoms with Crippen molar-refractivity contribution < 1.29 is 8.42 Å². The minimum atomic E-state index is -3.28. The van der Waals surface area contributed by atoms with Crippen LogP contribution in [0.5, 0.6) is 0 Å². The van der Waals surface area contributed by atoms with E-state index >= 15 is 0 Å². The van der Waals surface area contributed by atoms with Gasteiger partial charge in [0.15, 0.2) is 0 Å². The van der Waals surface area contributed by atoms with Crippen molar-refractivity contribution in [1.29, 1.82) is 0 Å². The summed E-state index contributed by atoms with van der Waals surface area (Å²) in [5.74, 6) is 0. The van der Waals surface area contributed by atoms with Gasteiger partial charge < -0.3 is 5.32 Å². The Morgan fingerprint density at radius 2 is 2.13 bits per heavy atom. The Morgan fingerprint density at radius 1 is 1.40 bits per heavy atom. The molecular weight excluding hydrogens is 232 g/mol. The van der Waals surface area contributed by atoms with Gasteiger partial charge in [0.05, 0.1) is 0 Å². The third-order valence-corrected chi connectivity index (χ3v) is 5.34. The largest absolute Gasteiger partial charge is 0.317 e. The van der Waals surface area contributed by atoms with Gasteiger partial charge >= 0.3 is 0 Å². The van der Waals surface area contributed by atoms with E-state index in [9.17, 15) is 8.42 Å². The van der Waals surface area contributed by atoms with E-state index in [1.165, 1.54) is 11.3 Å². The first-order chi connectivity index (χ1) is 7.18. The molecular formula is C9H14N2O2S2. The first-order valence-corrected chi connectivity index (χ1v) is 7.31. The molecule has 1 aromatic heterocycles. The van der Waals surface area contributed by atoms with E-state index in [2.05, 4.69) is 10.0 Å². The van der Waals surface area contributed by atoms with E-state index in [1.807, 2.05) is 0 Å². The van der Waals surface area contributed by atoms with Crippen molar-refractivity contribution in [3.63, 3.8) is 0 Å². The summed E-state index contributed by atoms with van der Waals surface area (Å²) in [7, 11) is -3.28. The quantitative estimate of drug-likeness (QED) is 0.828. The molecule has 1 fully saturated rings. The Morgan fingerprint density at radius 3 is 2.73 bits per heavy atom. The van der Waals surface area contributed by atoms with E-state index in [4.69, 9.17) is 0 Å². The molecule has 0 unspecified atom stereocenters. The van der Waals surface area contributed by atoms with Crippen LogP contribution in [0, 0.1) is 0 Å². The maximum Gasteiger partial charge on any atom is 0.250 e. The molecule has 2 rings (SSSR count). The normalized spacial score (nSPS) is 19.2. The number of rotatable bonds is 3. The third-order valence-electron chi connectivity index (χ3n) is 2.42. The summed E-state index contributed by atoms with van der Waals surface area (Å²) in [6, 6.07) is 3.47. The maximum absolute atomic E-state index is 11.8. The van der Waals surface area contributed by atoms with Crippen molar-refractivity contribution in [3.8, 4) is 0 Å². The molecule has 4 nitrogen and oxygen atoms in total. The fourth-order valence-electron chi connectivity index (χ4n) is 1.63. The van der Waals surface area contributed by atoms with Gasteiger partial charge in [0.25, 0.3) is 0 Å². The smallest absolute Gasteiger partial charge is 0.250 e. The monoisotopic (exact) mass is 246 g/mol. The highest BCUT2D eigenvalue weighted by atomic mass is 32.2. The zero-order valence-corrected chi connectivity index (χ0v) is 9.90. The molecule has 2 N–H and O–H groups in total. The van der Waals surface area contributed by atoms with Crippen molar-refractivity contribution in [2.75, 3.05) is 13.1 Å². The first-order valence-electron chi connectivity index (χ1n) is 4.95. The van der Waals surface area contributed by atoms with Crippen LogP contribution in [0.15, 0.2) is 21.7 Å². The van der Waals surface area contributed by atoms with Crippen LogP contribution in [0.4, 0.5) is 0 Å². The van der Waals surface area contributed by atoms with E-state index in [0.29, 0.717) is 4.21 Å². The van der Waals surface area contributed by atoms with Gasteiger partial charge in [-0.25, -0.2) is 13.1 Å². The topological polar surface area (TPSA) is 58.2 Å². The molecule has 6 heteroatoms. The predicted octanol–water partition coefficient (Wildman–Crippen LogP) is 0.778. The van der Waals surface area contributed by atoms with Crippen LogP contribution in [0.25, 0.3) is 0 Å². The Balaban J connectivity index is 2.04. The molecule has 0 aromatic carbocycles. The highest BCUT2D eigenvalue weighted by Crippen LogP contribution is 2.17. The number of hydrogen-bond donors (Lipinski definition) is 2. The number of piperidine rings is 1. The summed E-state index contributed by atoms with van der Waals surface area (Å²) in [6.45, 7) is 1.77. The van der Waals surface area contributed by atoms with Crippen LogP contribution in [-0.2, 0) is 10.0 Å². The van der Waals surface area contributed by atoms with Crippen molar-refractivity contribution in [2.45, 2.75) is 23.1 Å². The van der Waals surface area contributed by atoms with Gasteiger partial charge in [-0.05, 0) is 37.4 Å². The second-order valence-corrected chi connectivity index (χ2v) is 6.47. The zero-order chi connectivity index (χ0) is 10.7. The standard InChI is InChI=1S/C9H14N2O2S2/c12-15(13,9-2-1-7-14-9)11-8-3-5-10-6-4-8/h1-2,7-8,10-11H,3-6H2. The number of nitrogens with one attached hydrogen (secondary N) is 2. The first kappa shape index (κ1) is 11.1. The van der Waals surface area contributed by atoms with E-state index in [-0.39, 0.29) is 6.04 Å². The SMILES string of the molecule is O=S(=O)(NC1CCNCC1)c1cccs1. The van der Waals surface area contributed by atoms with Gasteiger partial charge in [-0.1, -0.05) is 6.07 Å². The number of thiophene rings is 1. The van der Waals surface area contributed by atoms with Crippen molar-refractivity contribution >= 4 is 21.4 Å². The fraction of sp³-hybridized carbons (Fsp3) is 0.556. The maximum atomic E-state index is 11.8. The molecule has 1 saturated heterocycles. The second kappa shape index (κ2) is 4.61.